The van der Waals surface area contributed by atoms with Gasteiger partial charge in [0.1, 0.15) is 5.00 Å². The van der Waals surface area contributed by atoms with Gasteiger partial charge in [-0.3, -0.25) is 4.79 Å². The summed E-state index contributed by atoms with van der Waals surface area (Å²) in [7, 11) is 1.25. The summed E-state index contributed by atoms with van der Waals surface area (Å²) in [6.07, 6.45) is 2.33. The van der Waals surface area contributed by atoms with E-state index in [-0.39, 0.29) is 5.56 Å². The van der Waals surface area contributed by atoms with Crippen LogP contribution in [0.5, 0.6) is 0 Å². The van der Waals surface area contributed by atoms with E-state index in [0.29, 0.717) is 5.00 Å². The average molecular weight is 283 g/mol. The van der Waals surface area contributed by atoms with Crippen LogP contribution in [0.15, 0.2) is 18.2 Å². The maximum atomic E-state index is 11.5. The molecular formula is C12H13NO5S. The molecule has 2 N–H and O–H groups in total. The van der Waals surface area contributed by atoms with Crippen LogP contribution >= 0.6 is 11.3 Å². The molecule has 0 aliphatic heterocycles. The molecule has 0 aromatic carbocycles. The molecule has 0 aliphatic carbocycles. The fourth-order valence-electron chi connectivity index (χ4n) is 1.27. The van der Waals surface area contributed by atoms with Gasteiger partial charge in [0.25, 0.3) is 0 Å². The quantitative estimate of drug-likeness (QED) is 0.633. The van der Waals surface area contributed by atoms with Crippen LogP contribution in [0.1, 0.15) is 22.2 Å². The number of esters is 1. The van der Waals surface area contributed by atoms with Gasteiger partial charge in [-0.15, -0.1) is 11.3 Å². The third-order valence-corrected chi connectivity index (χ3v) is 3.35. The molecule has 0 bridgehead atoms. The Morgan fingerprint density at radius 2 is 2.11 bits per heavy atom. The molecule has 0 spiro atoms. The zero-order valence-corrected chi connectivity index (χ0v) is 11.2. The normalized spacial score (nSPS) is 10.4. The van der Waals surface area contributed by atoms with Crippen LogP contribution in [0.25, 0.3) is 0 Å². The molecule has 7 heteroatoms. The third-order valence-electron chi connectivity index (χ3n) is 2.15. The highest BCUT2D eigenvalue weighted by Gasteiger charge is 2.17. The highest BCUT2D eigenvalue weighted by molar-refractivity contribution is 7.16. The molecule has 0 saturated heterocycles. The van der Waals surface area contributed by atoms with E-state index in [1.54, 1.807) is 6.07 Å². The third kappa shape index (κ3) is 4.22. The van der Waals surface area contributed by atoms with Crippen molar-refractivity contribution in [2.24, 2.45) is 0 Å². The summed E-state index contributed by atoms with van der Waals surface area (Å²) >= 11 is 1.25. The number of thiophene rings is 1. The molecule has 19 heavy (non-hydrogen) atoms. The Balaban J connectivity index is 2.93. The Morgan fingerprint density at radius 1 is 1.42 bits per heavy atom. The first-order valence-electron chi connectivity index (χ1n) is 5.41. The Bertz CT molecular complexity index is 532. The molecule has 0 unspecified atom stereocenters. The number of rotatable bonds is 5. The van der Waals surface area contributed by atoms with Crippen LogP contribution in [0.2, 0.25) is 0 Å². The highest BCUT2D eigenvalue weighted by Crippen LogP contribution is 2.29. The maximum Gasteiger partial charge on any atom is 0.340 e. The molecular weight excluding hydrogens is 270 g/mol. The van der Waals surface area contributed by atoms with Gasteiger partial charge in [0.05, 0.1) is 12.7 Å². The number of carboxylic acids is 1. The van der Waals surface area contributed by atoms with E-state index in [4.69, 9.17) is 5.11 Å². The number of carboxylic acid groups (broad SMARTS) is 1. The van der Waals surface area contributed by atoms with Gasteiger partial charge in [0.2, 0.25) is 5.91 Å². The van der Waals surface area contributed by atoms with Crippen molar-refractivity contribution in [1.29, 1.82) is 0 Å². The number of hydrogen-bond donors (Lipinski definition) is 2. The van der Waals surface area contributed by atoms with E-state index in [0.717, 1.165) is 23.5 Å². The van der Waals surface area contributed by atoms with Crippen LogP contribution in [0.4, 0.5) is 5.00 Å². The monoisotopic (exact) mass is 283 g/mol. The van der Waals surface area contributed by atoms with Gasteiger partial charge in [0.15, 0.2) is 0 Å². The van der Waals surface area contributed by atoms with E-state index in [1.165, 1.54) is 18.4 Å². The number of nitrogens with one attached hydrogen (secondary N) is 1. The van der Waals surface area contributed by atoms with Crippen molar-refractivity contribution in [1.82, 2.24) is 0 Å². The first-order chi connectivity index (χ1) is 8.97. The SMILES string of the molecule is CCc1cc(C(=O)OC)c(NC(=O)C=CC(=O)O)s1. The van der Waals surface area contributed by atoms with Gasteiger partial charge < -0.3 is 15.2 Å². The number of ether oxygens (including phenoxy) is 1. The number of hydrogen-bond acceptors (Lipinski definition) is 5. The van der Waals surface area contributed by atoms with E-state index >= 15 is 0 Å². The second-order valence-electron chi connectivity index (χ2n) is 3.46. The maximum absolute atomic E-state index is 11.5. The molecule has 1 amide bonds. The summed E-state index contributed by atoms with van der Waals surface area (Å²) in [6.45, 7) is 1.92. The van der Waals surface area contributed by atoms with Crippen molar-refractivity contribution >= 4 is 34.2 Å². The number of carbonyl (C=O) groups excluding carboxylic acids is 2. The molecule has 102 valence electrons. The lowest BCUT2D eigenvalue weighted by molar-refractivity contribution is -0.131. The van der Waals surface area contributed by atoms with Gasteiger partial charge >= 0.3 is 11.9 Å². The predicted molar refractivity (Wildman–Crippen MR) is 70.4 cm³/mol. The number of carbonyl (C=O) groups is 3. The number of aryl methyl sites for hydroxylation is 1. The van der Waals surface area contributed by atoms with E-state index in [2.05, 4.69) is 10.1 Å². The predicted octanol–water partition coefficient (Wildman–Crippen LogP) is 1.68. The summed E-state index contributed by atoms with van der Waals surface area (Å²) in [5, 5.41) is 11.2. The molecule has 1 aromatic heterocycles. The molecule has 0 fully saturated rings. The molecule has 0 atom stereocenters. The molecule has 0 aliphatic rings. The highest BCUT2D eigenvalue weighted by atomic mass is 32.1. The van der Waals surface area contributed by atoms with Gasteiger partial charge in [-0.05, 0) is 12.5 Å². The second-order valence-corrected chi connectivity index (χ2v) is 4.60. The number of aliphatic carboxylic acids is 1. The van der Waals surface area contributed by atoms with Crippen LogP contribution < -0.4 is 5.32 Å². The number of amides is 1. The summed E-state index contributed by atoms with van der Waals surface area (Å²) in [4.78, 5) is 34.2. The van der Waals surface area contributed by atoms with Gasteiger partial charge in [-0.1, -0.05) is 6.92 Å². The molecule has 1 aromatic rings. The summed E-state index contributed by atoms with van der Waals surface area (Å²) in [6, 6.07) is 1.65. The lowest BCUT2D eigenvalue weighted by Gasteiger charge is -2.01. The van der Waals surface area contributed by atoms with Crippen LogP contribution in [-0.4, -0.2) is 30.1 Å². The van der Waals surface area contributed by atoms with E-state index < -0.39 is 17.8 Å². The minimum Gasteiger partial charge on any atom is -0.478 e. The second kappa shape index (κ2) is 6.69. The first-order valence-corrected chi connectivity index (χ1v) is 6.22. The largest absolute Gasteiger partial charge is 0.478 e. The number of anilines is 1. The van der Waals surface area contributed by atoms with E-state index in [9.17, 15) is 14.4 Å². The van der Waals surface area contributed by atoms with Crippen LogP contribution in [-0.2, 0) is 20.7 Å². The molecule has 0 radical (unpaired) electrons. The first kappa shape index (κ1) is 14.9. The minimum absolute atomic E-state index is 0.265. The lowest BCUT2D eigenvalue weighted by Crippen LogP contribution is -2.11. The molecule has 1 rings (SSSR count). The molecule has 0 saturated carbocycles. The summed E-state index contributed by atoms with van der Waals surface area (Å²) in [5.41, 5.74) is 0.265. The lowest BCUT2D eigenvalue weighted by atomic mass is 10.2. The zero-order chi connectivity index (χ0) is 14.4. The van der Waals surface area contributed by atoms with Crippen LogP contribution in [0.3, 0.4) is 0 Å². The Labute approximate surface area is 113 Å². The minimum atomic E-state index is -1.22. The summed E-state index contributed by atoms with van der Waals surface area (Å²) < 4.78 is 4.62. The van der Waals surface area contributed by atoms with Crippen LogP contribution in [0, 0.1) is 0 Å². The van der Waals surface area contributed by atoms with E-state index in [1.807, 2.05) is 6.92 Å². The zero-order valence-electron chi connectivity index (χ0n) is 10.4. The van der Waals surface area contributed by atoms with Crippen molar-refractivity contribution in [3.8, 4) is 0 Å². The molecule has 1 heterocycles. The van der Waals surface area contributed by atoms with Crippen molar-refractivity contribution in [2.75, 3.05) is 12.4 Å². The Hall–Kier alpha value is -2.15. The fourth-order valence-corrected chi connectivity index (χ4v) is 2.26. The molecule has 6 nitrogen and oxygen atoms in total. The van der Waals surface area contributed by atoms with Crippen molar-refractivity contribution in [3.05, 3.63) is 28.7 Å². The standard InChI is InChI=1S/C12H13NO5S/c1-3-7-6-8(12(17)18-2)11(19-7)13-9(14)4-5-10(15)16/h4-6H,3H2,1-2H3,(H,13,14)(H,15,16). The van der Waals surface area contributed by atoms with Gasteiger partial charge in [-0.2, -0.15) is 0 Å². The fraction of sp³-hybridized carbons (Fsp3) is 0.250. The number of methoxy groups -OCH3 is 1. The smallest absolute Gasteiger partial charge is 0.340 e. The topological polar surface area (TPSA) is 92.7 Å². The van der Waals surface area contributed by atoms with Gasteiger partial charge in [0, 0.05) is 17.0 Å². The van der Waals surface area contributed by atoms with Crippen molar-refractivity contribution in [3.63, 3.8) is 0 Å². The van der Waals surface area contributed by atoms with Gasteiger partial charge in [-0.25, -0.2) is 9.59 Å². The van der Waals surface area contributed by atoms with Crippen molar-refractivity contribution in [2.45, 2.75) is 13.3 Å². The Morgan fingerprint density at radius 3 is 2.63 bits per heavy atom. The van der Waals surface area contributed by atoms with Crippen molar-refractivity contribution < 1.29 is 24.2 Å². The Kier molecular flexibility index (Phi) is 5.25. The average Bonchev–Trinajstić information content (AvgIpc) is 2.78. The summed E-state index contributed by atoms with van der Waals surface area (Å²) in [5.74, 6) is -2.38.